The normalized spacial score (nSPS) is 12.4. The third-order valence-electron chi connectivity index (χ3n) is 2.13. The minimum absolute atomic E-state index is 0.0838. The zero-order chi connectivity index (χ0) is 11.5. The zero-order valence-electron chi connectivity index (χ0n) is 8.58. The Morgan fingerprint density at radius 1 is 1.38 bits per heavy atom. The topological polar surface area (TPSA) is 38.1 Å². The standard InChI is InChI=1S/C11H10Br2N2O/c1-7(11-10(13)2-3-16-11)15-9-4-8(12)5-14-6-9/h2-7,15H,1H3. The van der Waals surface area contributed by atoms with Gasteiger partial charge in [0.05, 0.1) is 28.7 Å². The van der Waals surface area contributed by atoms with Crippen molar-refractivity contribution < 1.29 is 4.42 Å². The number of aromatic nitrogens is 1. The van der Waals surface area contributed by atoms with Gasteiger partial charge in [-0.2, -0.15) is 0 Å². The van der Waals surface area contributed by atoms with Crippen LogP contribution in [0.2, 0.25) is 0 Å². The molecule has 1 unspecified atom stereocenters. The van der Waals surface area contributed by atoms with Gasteiger partial charge in [0.2, 0.25) is 0 Å². The number of rotatable bonds is 3. The van der Waals surface area contributed by atoms with Crippen molar-refractivity contribution >= 4 is 37.5 Å². The van der Waals surface area contributed by atoms with Crippen LogP contribution in [0.25, 0.3) is 0 Å². The monoisotopic (exact) mass is 344 g/mol. The summed E-state index contributed by atoms with van der Waals surface area (Å²) in [6, 6.07) is 3.94. The number of hydrogen-bond acceptors (Lipinski definition) is 3. The molecule has 0 aliphatic rings. The molecule has 1 N–H and O–H groups in total. The molecule has 2 aromatic heterocycles. The number of pyridine rings is 1. The van der Waals surface area contributed by atoms with Gasteiger partial charge in [-0.05, 0) is 50.9 Å². The molecule has 5 heteroatoms. The van der Waals surface area contributed by atoms with Gasteiger partial charge in [0.15, 0.2) is 0 Å². The number of anilines is 1. The lowest BCUT2D eigenvalue weighted by Gasteiger charge is -2.13. The molecule has 0 spiro atoms. The van der Waals surface area contributed by atoms with Crippen molar-refractivity contribution in [1.29, 1.82) is 0 Å². The van der Waals surface area contributed by atoms with E-state index in [0.717, 1.165) is 20.4 Å². The predicted octanol–water partition coefficient (Wildman–Crippen LogP) is 4.37. The van der Waals surface area contributed by atoms with Crippen LogP contribution in [0.4, 0.5) is 5.69 Å². The van der Waals surface area contributed by atoms with Crippen molar-refractivity contribution in [2.24, 2.45) is 0 Å². The zero-order valence-corrected chi connectivity index (χ0v) is 11.7. The van der Waals surface area contributed by atoms with Crippen molar-refractivity contribution in [2.75, 3.05) is 5.32 Å². The van der Waals surface area contributed by atoms with Crippen LogP contribution in [0.3, 0.4) is 0 Å². The summed E-state index contributed by atoms with van der Waals surface area (Å²) in [6.45, 7) is 2.03. The van der Waals surface area contributed by atoms with E-state index in [1.54, 1.807) is 18.7 Å². The van der Waals surface area contributed by atoms with Crippen LogP contribution in [0.1, 0.15) is 18.7 Å². The van der Waals surface area contributed by atoms with Crippen LogP contribution in [0.15, 0.2) is 44.2 Å². The van der Waals surface area contributed by atoms with Crippen molar-refractivity contribution in [3.63, 3.8) is 0 Å². The van der Waals surface area contributed by atoms with Crippen molar-refractivity contribution in [1.82, 2.24) is 4.98 Å². The van der Waals surface area contributed by atoms with E-state index in [9.17, 15) is 0 Å². The molecular formula is C11H10Br2N2O. The second-order valence-corrected chi connectivity index (χ2v) is 5.16. The number of hydrogen-bond donors (Lipinski definition) is 1. The smallest absolute Gasteiger partial charge is 0.139 e. The highest BCUT2D eigenvalue weighted by Gasteiger charge is 2.12. The van der Waals surface area contributed by atoms with Crippen LogP contribution in [0, 0.1) is 0 Å². The van der Waals surface area contributed by atoms with Crippen molar-refractivity contribution in [3.8, 4) is 0 Å². The van der Waals surface area contributed by atoms with E-state index in [1.807, 2.05) is 19.1 Å². The Kier molecular flexibility index (Phi) is 3.66. The van der Waals surface area contributed by atoms with Gasteiger partial charge in [-0.15, -0.1) is 0 Å². The molecule has 2 aromatic rings. The molecular weight excluding hydrogens is 336 g/mol. The summed E-state index contributed by atoms with van der Waals surface area (Å²) < 4.78 is 7.30. The predicted molar refractivity (Wildman–Crippen MR) is 70.4 cm³/mol. The average molecular weight is 346 g/mol. The van der Waals surface area contributed by atoms with E-state index in [0.29, 0.717) is 0 Å². The lowest BCUT2D eigenvalue weighted by Crippen LogP contribution is -2.06. The van der Waals surface area contributed by atoms with Gasteiger partial charge in [0, 0.05) is 10.7 Å². The third-order valence-corrected chi connectivity index (χ3v) is 3.21. The van der Waals surface area contributed by atoms with Gasteiger partial charge in [-0.25, -0.2) is 0 Å². The van der Waals surface area contributed by atoms with Gasteiger partial charge in [-0.3, -0.25) is 4.98 Å². The molecule has 0 radical (unpaired) electrons. The molecule has 0 bridgehead atoms. The van der Waals surface area contributed by atoms with Crippen LogP contribution in [-0.2, 0) is 0 Å². The lowest BCUT2D eigenvalue weighted by molar-refractivity contribution is 0.488. The van der Waals surface area contributed by atoms with E-state index in [-0.39, 0.29) is 6.04 Å². The van der Waals surface area contributed by atoms with Crippen LogP contribution in [-0.4, -0.2) is 4.98 Å². The first kappa shape index (κ1) is 11.7. The van der Waals surface area contributed by atoms with Gasteiger partial charge < -0.3 is 9.73 Å². The molecule has 0 saturated heterocycles. The Bertz CT molecular complexity index is 484. The van der Waals surface area contributed by atoms with Crippen molar-refractivity contribution in [3.05, 3.63) is 45.5 Å². The molecule has 84 valence electrons. The molecule has 0 fully saturated rings. The fourth-order valence-corrected chi connectivity index (χ4v) is 2.33. The molecule has 1 atom stereocenters. The van der Waals surface area contributed by atoms with Crippen LogP contribution < -0.4 is 5.32 Å². The van der Waals surface area contributed by atoms with E-state index in [1.165, 1.54) is 0 Å². The first-order valence-corrected chi connectivity index (χ1v) is 6.35. The maximum absolute atomic E-state index is 5.39. The number of furan rings is 1. The Morgan fingerprint density at radius 3 is 2.81 bits per heavy atom. The molecule has 16 heavy (non-hydrogen) atoms. The van der Waals surface area contributed by atoms with Gasteiger partial charge in [-0.1, -0.05) is 0 Å². The molecule has 2 rings (SSSR count). The largest absolute Gasteiger partial charge is 0.466 e. The second kappa shape index (κ2) is 5.01. The fraction of sp³-hybridized carbons (Fsp3) is 0.182. The summed E-state index contributed by atoms with van der Waals surface area (Å²) in [6.07, 6.45) is 5.19. The summed E-state index contributed by atoms with van der Waals surface area (Å²) in [4.78, 5) is 4.09. The highest BCUT2D eigenvalue weighted by molar-refractivity contribution is 9.10. The Labute approximate surface area is 111 Å². The quantitative estimate of drug-likeness (QED) is 0.897. The lowest BCUT2D eigenvalue weighted by atomic mass is 10.2. The minimum atomic E-state index is 0.0838. The minimum Gasteiger partial charge on any atom is -0.466 e. The molecule has 0 amide bonds. The fourth-order valence-electron chi connectivity index (χ4n) is 1.42. The Hall–Kier alpha value is -0.810. The number of nitrogens with zero attached hydrogens (tertiary/aromatic N) is 1. The van der Waals surface area contributed by atoms with E-state index in [2.05, 4.69) is 42.2 Å². The van der Waals surface area contributed by atoms with Crippen molar-refractivity contribution in [2.45, 2.75) is 13.0 Å². The van der Waals surface area contributed by atoms with Gasteiger partial charge in [0.1, 0.15) is 5.76 Å². The van der Waals surface area contributed by atoms with Gasteiger partial charge >= 0.3 is 0 Å². The number of nitrogens with one attached hydrogen (secondary N) is 1. The maximum atomic E-state index is 5.39. The van der Waals surface area contributed by atoms with Gasteiger partial charge in [0.25, 0.3) is 0 Å². The van der Waals surface area contributed by atoms with E-state index >= 15 is 0 Å². The SMILES string of the molecule is CC(Nc1cncc(Br)c1)c1occc1Br. The maximum Gasteiger partial charge on any atom is 0.139 e. The summed E-state index contributed by atoms with van der Waals surface area (Å²) in [5.41, 5.74) is 0.949. The van der Waals surface area contributed by atoms with E-state index in [4.69, 9.17) is 4.42 Å². The second-order valence-electron chi connectivity index (χ2n) is 3.39. The third kappa shape index (κ3) is 2.65. The number of halogens is 2. The molecule has 0 aliphatic heterocycles. The molecule has 0 saturated carbocycles. The first-order chi connectivity index (χ1) is 7.66. The summed E-state index contributed by atoms with van der Waals surface area (Å²) >= 11 is 6.82. The average Bonchev–Trinajstić information content (AvgIpc) is 2.64. The molecule has 0 aromatic carbocycles. The summed E-state index contributed by atoms with van der Waals surface area (Å²) in [5.74, 6) is 0.875. The van der Waals surface area contributed by atoms with E-state index < -0.39 is 0 Å². The highest BCUT2D eigenvalue weighted by Crippen LogP contribution is 2.27. The molecule has 0 aliphatic carbocycles. The highest BCUT2D eigenvalue weighted by atomic mass is 79.9. The molecule has 2 heterocycles. The Balaban J connectivity index is 2.14. The first-order valence-electron chi connectivity index (χ1n) is 4.77. The van der Waals surface area contributed by atoms with Crippen LogP contribution in [0.5, 0.6) is 0 Å². The van der Waals surface area contributed by atoms with Crippen LogP contribution >= 0.6 is 31.9 Å². The summed E-state index contributed by atoms with van der Waals surface area (Å²) in [7, 11) is 0. The molecule has 3 nitrogen and oxygen atoms in total. The summed E-state index contributed by atoms with van der Waals surface area (Å²) in [5, 5.41) is 3.31. The Morgan fingerprint density at radius 2 is 2.19 bits per heavy atom.